The lowest BCUT2D eigenvalue weighted by Gasteiger charge is -2.12. The summed E-state index contributed by atoms with van der Waals surface area (Å²) in [5.74, 6) is -0.585. The quantitative estimate of drug-likeness (QED) is 0.833. The Hall–Kier alpha value is -2.05. The van der Waals surface area contributed by atoms with Crippen LogP contribution < -0.4 is 4.72 Å². The van der Waals surface area contributed by atoms with Crippen LogP contribution in [-0.2, 0) is 14.8 Å². The van der Waals surface area contributed by atoms with Gasteiger partial charge in [-0.05, 0) is 49.7 Å². The summed E-state index contributed by atoms with van der Waals surface area (Å²) in [7, 11) is -3.84. The zero-order valence-corrected chi connectivity index (χ0v) is 14.2. The maximum absolute atomic E-state index is 12.5. The molecule has 0 saturated heterocycles. The van der Waals surface area contributed by atoms with Crippen molar-refractivity contribution in [2.24, 2.45) is 0 Å². The number of halogens is 1. The van der Waals surface area contributed by atoms with Gasteiger partial charge in [0.15, 0.2) is 0 Å². The van der Waals surface area contributed by atoms with Gasteiger partial charge in [0.2, 0.25) is 0 Å². The predicted octanol–water partition coefficient (Wildman–Crippen LogP) is 3.63. The van der Waals surface area contributed by atoms with Gasteiger partial charge in [-0.15, -0.1) is 0 Å². The predicted molar refractivity (Wildman–Crippen MR) is 89.4 cm³/mol. The molecule has 0 fully saturated rings. The lowest BCUT2D eigenvalue weighted by Crippen LogP contribution is -2.16. The molecular formula is C16H16ClNO4S. The summed E-state index contributed by atoms with van der Waals surface area (Å²) < 4.78 is 32.3. The summed E-state index contributed by atoms with van der Waals surface area (Å²) >= 11 is 5.92. The van der Waals surface area contributed by atoms with E-state index in [0.29, 0.717) is 10.6 Å². The minimum atomic E-state index is -3.84. The van der Waals surface area contributed by atoms with Gasteiger partial charge in [-0.25, -0.2) is 13.2 Å². The molecule has 0 unspecified atom stereocenters. The van der Waals surface area contributed by atoms with E-state index in [4.69, 9.17) is 16.3 Å². The molecule has 122 valence electrons. The lowest BCUT2D eigenvalue weighted by atomic mass is 10.2. The van der Waals surface area contributed by atoms with Gasteiger partial charge in [-0.3, -0.25) is 4.72 Å². The molecule has 0 radical (unpaired) electrons. The standard InChI is InChI=1S/C16H16ClNO4S/c1-3-22-16(19)13-6-4-5-7-15(13)18-23(20,21)12-8-9-14(17)11(2)10-12/h4-10,18H,3H2,1-2H3. The summed E-state index contributed by atoms with van der Waals surface area (Å²) in [6, 6.07) is 10.7. The highest BCUT2D eigenvalue weighted by atomic mass is 35.5. The third-order valence-electron chi connectivity index (χ3n) is 3.11. The molecule has 1 N–H and O–H groups in total. The number of anilines is 1. The molecule has 0 amide bonds. The molecule has 0 aliphatic carbocycles. The van der Waals surface area contributed by atoms with E-state index < -0.39 is 16.0 Å². The average molecular weight is 354 g/mol. The molecule has 0 spiro atoms. The number of para-hydroxylation sites is 1. The molecule has 23 heavy (non-hydrogen) atoms. The van der Waals surface area contributed by atoms with Crippen molar-refractivity contribution in [1.29, 1.82) is 0 Å². The minimum Gasteiger partial charge on any atom is -0.462 e. The largest absolute Gasteiger partial charge is 0.462 e. The number of aryl methyl sites for hydroxylation is 1. The first-order valence-corrected chi connectivity index (χ1v) is 8.76. The Morgan fingerprint density at radius 1 is 1.22 bits per heavy atom. The third kappa shape index (κ3) is 4.03. The van der Waals surface area contributed by atoms with Crippen LogP contribution in [0.25, 0.3) is 0 Å². The second-order valence-corrected chi connectivity index (χ2v) is 6.87. The monoisotopic (exact) mass is 353 g/mol. The van der Waals surface area contributed by atoms with Crippen LogP contribution in [0.3, 0.4) is 0 Å². The van der Waals surface area contributed by atoms with Crippen molar-refractivity contribution in [3.63, 3.8) is 0 Å². The van der Waals surface area contributed by atoms with Gasteiger partial charge < -0.3 is 4.74 Å². The van der Waals surface area contributed by atoms with E-state index in [2.05, 4.69) is 4.72 Å². The van der Waals surface area contributed by atoms with Crippen molar-refractivity contribution in [3.8, 4) is 0 Å². The minimum absolute atomic E-state index is 0.0676. The molecule has 0 bridgehead atoms. The fourth-order valence-electron chi connectivity index (χ4n) is 1.95. The van der Waals surface area contributed by atoms with Crippen molar-refractivity contribution >= 4 is 33.3 Å². The Morgan fingerprint density at radius 3 is 2.57 bits per heavy atom. The van der Waals surface area contributed by atoms with Crippen LogP contribution in [0.15, 0.2) is 47.4 Å². The summed E-state index contributed by atoms with van der Waals surface area (Å²) in [5, 5.41) is 0.482. The maximum atomic E-state index is 12.5. The molecule has 2 aromatic carbocycles. The molecule has 0 aliphatic rings. The zero-order chi connectivity index (χ0) is 17.0. The number of carbonyl (C=O) groups is 1. The Labute approximate surface area is 140 Å². The smallest absolute Gasteiger partial charge is 0.340 e. The first kappa shape index (κ1) is 17.3. The van der Waals surface area contributed by atoms with E-state index in [1.54, 1.807) is 26.0 Å². The molecular weight excluding hydrogens is 338 g/mol. The number of hydrogen-bond acceptors (Lipinski definition) is 4. The lowest BCUT2D eigenvalue weighted by molar-refractivity contribution is 0.0527. The first-order valence-electron chi connectivity index (χ1n) is 6.90. The van der Waals surface area contributed by atoms with E-state index >= 15 is 0 Å². The molecule has 2 rings (SSSR count). The van der Waals surface area contributed by atoms with Crippen molar-refractivity contribution < 1.29 is 17.9 Å². The van der Waals surface area contributed by atoms with Gasteiger partial charge in [0.1, 0.15) is 0 Å². The van der Waals surface area contributed by atoms with Crippen molar-refractivity contribution in [2.45, 2.75) is 18.7 Å². The van der Waals surface area contributed by atoms with Gasteiger partial charge in [0.05, 0.1) is 22.8 Å². The van der Waals surface area contributed by atoms with E-state index in [1.165, 1.54) is 30.3 Å². The van der Waals surface area contributed by atoms with Crippen molar-refractivity contribution in [2.75, 3.05) is 11.3 Å². The van der Waals surface area contributed by atoms with E-state index in [1.807, 2.05) is 0 Å². The summed E-state index contributed by atoms with van der Waals surface area (Å²) in [6.45, 7) is 3.60. The Kier molecular flexibility index (Phi) is 5.28. The fraction of sp³-hybridized carbons (Fsp3) is 0.188. The number of rotatable bonds is 5. The van der Waals surface area contributed by atoms with Crippen LogP contribution in [0.5, 0.6) is 0 Å². The fourth-order valence-corrected chi connectivity index (χ4v) is 3.23. The van der Waals surface area contributed by atoms with Crippen LogP contribution in [-0.4, -0.2) is 21.0 Å². The molecule has 7 heteroatoms. The van der Waals surface area contributed by atoms with Gasteiger partial charge >= 0.3 is 5.97 Å². The van der Waals surface area contributed by atoms with Crippen LogP contribution in [0.2, 0.25) is 5.02 Å². The number of benzene rings is 2. The molecule has 0 heterocycles. The van der Waals surface area contributed by atoms with Gasteiger partial charge in [-0.1, -0.05) is 23.7 Å². The highest BCUT2D eigenvalue weighted by molar-refractivity contribution is 7.92. The van der Waals surface area contributed by atoms with Crippen molar-refractivity contribution in [3.05, 3.63) is 58.6 Å². The Bertz CT molecular complexity index is 834. The number of esters is 1. The van der Waals surface area contributed by atoms with Gasteiger partial charge in [0.25, 0.3) is 10.0 Å². The highest BCUT2D eigenvalue weighted by Gasteiger charge is 2.19. The van der Waals surface area contributed by atoms with Crippen LogP contribution >= 0.6 is 11.6 Å². The Balaban J connectivity index is 2.38. The average Bonchev–Trinajstić information content (AvgIpc) is 2.50. The SMILES string of the molecule is CCOC(=O)c1ccccc1NS(=O)(=O)c1ccc(Cl)c(C)c1. The second kappa shape index (κ2) is 7.02. The highest BCUT2D eigenvalue weighted by Crippen LogP contribution is 2.23. The molecule has 0 aromatic heterocycles. The number of nitrogens with one attached hydrogen (secondary N) is 1. The molecule has 2 aromatic rings. The molecule has 0 atom stereocenters. The third-order valence-corrected chi connectivity index (χ3v) is 4.89. The van der Waals surface area contributed by atoms with Crippen LogP contribution in [0, 0.1) is 6.92 Å². The van der Waals surface area contributed by atoms with E-state index in [0.717, 1.165) is 0 Å². The van der Waals surface area contributed by atoms with Gasteiger partial charge in [-0.2, -0.15) is 0 Å². The number of sulfonamides is 1. The molecule has 5 nitrogen and oxygen atoms in total. The molecule has 0 aliphatic heterocycles. The van der Waals surface area contributed by atoms with Crippen LogP contribution in [0.4, 0.5) is 5.69 Å². The van der Waals surface area contributed by atoms with E-state index in [9.17, 15) is 13.2 Å². The van der Waals surface area contributed by atoms with Gasteiger partial charge in [0, 0.05) is 5.02 Å². The first-order chi connectivity index (χ1) is 10.8. The maximum Gasteiger partial charge on any atom is 0.340 e. The zero-order valence-electron chi connectivity index (χ0n) is 12.7. The second-order valence-electron chi connectivity index (χ2n) is 4.78. The Morgan fingerprint density at radius 2 is 1.91 bits per heavy atom. The topological polar surface area (TPSA) is 72.5 Å². The summed E-state index contributed by atoms with van der Waals surface area (Å²) in [5.41, 5.74) is 0.968. The van der Waals surface area contributed by atoms with Crippen molar-refractivity contribution in [1.82, 2.24) is 0 Å². The summed E-state index contributed by atoms with van der Waals surface area (Å²) in [6.07, 6.45) is 0. The summed E-state index contributed by atoms with van der Waals surface area (Å²) in [4.78, 5) is 12.0. The molecule has 0 saturated carbocycles. The van der Waals surface area contributed by atoms with Crippen LogP contribution in [0.1, 0.15) is 22.8 Å². The van der Waals surface area contributed by atoms with E-state index in [-0.39, 0.29) is 22.8 Å². The number of hydrogen-bond donors (Lipinski definition) is 1. The number of ether oxygens (including phenoxy) is 1. The number of carbonyl (C=O) groups excluding carboxylic acids is 1. The normalized spacial score (nSPS) is 11.1.